The summed E-state index contributed by atoms with van der Waals surface area (Å²) in [5.74, 6) is -3.04. The molecule has 1 aromatic heterocycles. The number of likely N-dealkylation sites (N-methyl/N-ethyl adjacent to an activating group) is 1. The molecule has 0 saturated carbocycles. The first kappa shape index (κ1) is 23.5. The molecule has 2 heterocycles. The van der Waals surface area contributed by atoms with Crippen LogP contribution in [0.15, 0.2) is 70.7 Å². The van der Waals surface area contributed by atoms with Crippen LogP contribution in [0.2, 0.25) is 0 Å². The number of guanidine groups is 1. The third kappa shape index (κ3) is 3.75. The second kappa shape index (κ2) is 6.72. The van der Waals surface area contributed by atoms with Crippen LogP contribution in [0, 0.1) is 11.8 Å². The highest BCUT2D eigenvalue weighted by Crippen LogP contribution is 3.02. The van der Waals surface area contributed by atoms with E-state index in [-0.39, 0.29) is 40.3 Å². The molecule has 2 N–H and O–H groups in total. The van der Waals surface area contributed by atoms with Crippen LogP contribution in [0.4, 0.5) is 28.2 Å². The SMILES string of the molecule is CN1C(=O)C(c2ccc(S(F)(F)(F)(F)F)cc2)(c2ccc(F)c(-c3cccnc3F)c2)N=C1N. The molecule has 1 aliphatic rings. The third-order valence-electron chi connectivity index (χ3n) is 5.39. The lowest BCUT2D eigenvalue weighted by atomic mass is 9.81. The number of hydrogen-bond donors (Lipinski definition) is 1. The number of pyridine rings is 1. The van der Waals surface area contributed by atoms with Crippen molar-refractivity contribution < 1.29 is 33.0 Å². The molecule has 2 aromatic carbocycles. The Balaban J connectivity index is 1.96. The van der Waals surface area contributed by atoms with E-state index in [1.54, 1.807) is 0 Å². The van der Waals surface area contributed by atoms with E-state index >= 15 is 0 Å². The summed E-state index contributed by atoms with van der Waals surface area (Å²) in [7, 11) is -8.73. The average molecular weight is 504 g/mol. The summed E-state index contributed by atoms with van der Waals surface area (Å²) in [6, 6.07) is 7.34. The molecule has 4 rings (SSSR count). The topological polar surface area (TPSA) is 71.6 Å². The summed E-state index contributed by atoms with van der Waals surface area (Å²) < 4.78 is 94.8. The lowest BCUT2D eigenvalue weighted by molar-refractivity contribution is -0.129. The molecule has 0 fully saturated rings. The molecule has 0 saturated heterocycles. The molecule has 0 bridgehead atoms. The number of nitrogens with two attached hydrogens (primary N) is 1. The van der Waals surface area contributed by atoms with E-state index < -0.39 is 38.3 Å². The Bertz CT molecular complexity index is 1360. The van der Waals surface area contributed by atoms with Crippen molar-refractivity contribution in [1.29, 1.82) is 0 Å². The lowest BCUT2D eigenvalue weighted by Crippen LogP contribution is -2.41. The largest absolute Gasteiger partial charge is 0.369 e. The van der Waals surface area contributed by atoms with Crippen molar-refractivity contribution >= 4 is 22.1 Å². The lowest BCUT2D eigenvalue weighted by Gasteiger charge is -2.40. The average Bonchev–Trinajstić information content (AvgIpc) is 2.98. The molecule has 1 aliphatic heterocycles. The standard InChI is InChI=1S/C21H15F7N4OS/c1-32-19(33)21(31-20(32)29,12-4-7-14(8-5-12)34(24,25,26,27)28)13-6-9-17(22)16(11-13)15-3-2-10-30-18(15)23/h2-11H,1H3,(H2,29,31). The maximum absolute atomic E-state index is 14.6. The Morgan fingerprint density at radius 2 is 1.53 bits per heavy atom. The molecule has 1 atom stereocenters. The van der Waals surface area contributed by atoms with Crippen molar-refractivity contribution in [3.63, 3.8) is 0 Å². The first-order valence-electron chi connectivity index (χ1n) is 9.43. The third-order valence-corrected chi connectivity index (χ3v) is 6.55. The molecule has 1 amide bonds. The molecular formula is C21H15F7N4OS. The molecule has 0 radical (unpaired) electrons. The van der Waals surface area contributed by atoms with Crippen molar-refractivity contribution in [1.82, 2.24) is 9.88 Å². The second-order valence-corrected chi connectivity index (χ2v) is 9.98. The number of halogens is 7. The number of carbonyl (C=O) groups excluding carboxylic acids is 1. The van der Waals surface area contributed by atoms with Gasteiger partial charge >= 0.3 is 10.2 Å². The number of amides is 1. The molecule has 1 unspecified atom stereocenters. The fourth-order valence-corrected chi connectivity index (χ4v) is 4.33. The van der Waals surface area contributed by atoms with Crippen LogP contribution in [0.5, 0.6) is 0 Å². The predicted molar refractivity (Wildman–Crippen MR) is 113 cm³/mol. The van der Waals surface area contributed by atoms with Gasteiger partial charge in [-0.1, -0.05) is 37.6 Å². The van der Waals surface area contributed by atoms with Gasteiger partial charge in [0.1, 0.15) is 10.7 Å². The Morgan fingerprint density at radius 1 is 0.912 bits per heavy atom. The maximum atomic E-state index is 14.6. The summed E-state index contributed by atoms with van der Waals surface area (Å²) in [5, 5.41) is 0. The highest BCUT2D eigenvalue weighted by molar-refractivity contribution is 8.45. The smallest absolute Gasteiger partial charge is 0.310 e. The Labute approximate surface area is 188 Å². The van der Waals surface area contributed by atoms with Gasteiger partial charge in [0.2, 0.25) is 5.95 Å². The first-order valence-corrected chi connectivity index (χ1v) is 11.4. The number of benzene rings is 2. The Hall–Kier alpha value is -3.61. The van der Waals surface area contributed by atoms with Crippen LogP contribution in [0.3, 0.4) is 0 Å². The van der Waals surface area contributed by atoms with Gasteiger partial charge in [0.05, 0.1) is 0 Å². The minimum Gasteiger partial charge on any atom is -0.369 e. The monoisotopic (exact) mass is 504 g/mol. The van der Waals surface area contributed by atoms with E-state index in [0.29, 0.717) is 12.1 Å². The fourth-order valence-electron chi connectivity index (χ4n) is 3.68. The van der Waals surface area contributed by atoms with Gasteiger partial charge in [-0.25, -0.2) is 14.4 Å². The van der Waals surface area contributed by atoms with Crippen molar-refractivity contribution in [3.8, 4) is 11.1 Å². The van der Waals surface area contributed by atoms with Crippen molar-refractivity contribution in [2.24, 2.45) is 10.7 Å². The van der Waals surface area contributed by atoms with E-state index in [1.807, 2.05) is 0 Å². The van der Waals surface area contributed by atoms with Gasteiger partial charge in [-0.05, 0) is 47.5 Å². The zero-order valence-corrected chi connectivity index (χ0v) is 18.0. The van der Waals surface area contributed by atoms with Gasteiger partial charge < -0.3 is 5.73 Å². The number of nitrogens with zero attached hydrogens (tertiary/aromatic N) is 3. The van der Waals surface area contributed by atoms with Gasteiger partial charge in [0.25, 0.3) is 5.91 Å². The number of rotatable bonds is 4. The second-order valence-electron chi connectivity index (χ2n) is 7.57. The predicted octanol–water partition coefficient (Wildman–Crippen LogP) is 5.71. The zero-order chi connectivity index (χ0) is 25.2. The van der Waals surface area contributed by atoms with Crippen LogP contribution in [-0.2, 0) is 10.3 Å². The molecular weight excluding hydrogens is 489 g/mol. The number of hydrogen-bond acceptors (Lipinski definition) is 4. The molecule has 34 heavy (non-hydrogen) atoms. The summed E-state index contributed by atoms with van der Waals surface area (Å²) in [4.78, 5) is 19.6. The van der Waals surface area contributed by atoms with Crippen LogP contribution in [-0.4, -0.2) is 28.8 Å². The number of aliphatic imine (C=N–C) groups is 1. The van der Waals surface area contributed by atoms with E-state index in [2.05, 4.69) is 9.98 Å². The molecule has 0 aliphatic carbocycles. The highest BCUT2D eigenvalue weighted by atomic mass is 32.5. The minimum atomic E-state index is -9.98. The fraction of sp³-hybridized carbons (Fsp3) is 0.0952. The first-order chi connectivity index (χ1) is 15.5. The van der Waals surface area contributed by atoms with Crippen LogP contribution in [0.1, 0.15) is 11.1 Å². The van der Waals surface area contributed by atoms with E-state index in [9.17, 15) is 33.0 Å². The molecule has 3 aromatic rings. The van der Waals surface area contributed by atoms with Gasteiger partial charge in [0, 0.05) is 24.4 Å². The summed E-state index contributed by atoms with van der Waals surface area (Å²) in [6.45, 7) is 0. The summed E-state index contributed by atoms with van der Waals surface area (Å²) >= 11 is 0. The van der Waals surface area contributed by atoms with Gasteiger partial charge in [-0.3, -0.25) is 9.69 Å². The van der Waals surface area contributed by atoms with E-state index in [1.165, 1.54) is 19.2 Å². The summed E-state index contributed by atoms with van der Waals surface area (Å²) in [6.07, 6.45) is 1.14. The zero-order valence-electron chi connectivity index (χ0n) is 17.2. The molecule has 5 nitrogen and oxygen atoms in total. The molecule has 180 valence electrons. The van der Waals surface area contributed by atoms with Gasteiger partial charge in [-0.15, -0.1) is 0 Å². The van der Waals surface area contributed by atoms with Crippen LogP contribution >= 0.6 is 10.2 Å². The molecule has 13 heteroatoms. The highest BCUT2D eigenvalue weighted by Gasteiger charge is 2.65. The van der Waals surface area contributed by atoms with Crippen molar-refractivity contribution in [3.05, 3.63) is 83.7 Å². The van der Waals surface area contributed by atoms with Gasteiger partial charge in [0.15, 0.2) is 11.5 Å². The Morgan fingerprint density at radius 3 is 2.06 bits per heavy atom. The molecule has 0 spiro atoms. The van der Waals surface area contributed by atoms with Crippen LogP contribution < -0.4 is 5.73 Å². The van der Waals surface area contributed by atoms with Crippen LogP contribution in [0.25, 0.3) is 11.1 Å². The maximum Gasteiger partial charge on any atom is 0.310 e. The number of aromatic nitrogens is 1. The van der Waals surface area contributed by atoms with Gasteiger partial charge in [-0.2, -0.15) is 4.39 Å². The van der Waals surface area contributed by atoms with Crippen molar-refractivity contribution in [2.75, 3.05) is 7.05 Å². The Kier molecular flexibility index (Phi) is 4.65. The summed E-state index contributed by atoms with van der Waals surface area (Å²) in [5.41, 5.74) is 2.79. The quantitative estimate of drug-likeness (QED) is 0.365. The van der Waals surface area contributed by atoms with E-state index in [4.69, 9.17) is 5.73 Å². The minimum absolute atomic E-state index is 0.0791. The van der Waals surface area contributed by atoms with E-state index in [0.717, 1.165) is 29.3 Å². The van der Waals surface area contributed by atoms with Crippen molar-refractivity contribution in [2.45, 2.75) is 10.4 Å². The number of carbonyl (C=O) groups is 1. The normalized spacial score (nSPS) is 20.6.